The minimum Gasteiger partial charge on any atom is -0.493 e. The first-order valence-corrected chi connectivity index (χ1v) is 9.98. The van der Waals surface area contributed by atoms with Crippen molar-refractivity contribution >= 4 is 61.1 Å². The highest BCUT2D eigenvalue weighted by Crippen LogP contribution is 2.37. The highest BCUT2D eigenvalue weighted by Gasteiger charge is 2.31. The van der Waals surface area contributed by atoms with Gasteiger partial charge in [-0.1, -0.05) is 58.0 Å². The predicted molar refractivity (Wildman–Crippen MR) is 111 cm³/mol. The van der Waals surface area contributed by atoms with Crippen LogP contribution in [0.1, 0.15) is 16.8 Å². The Kier molecular flexibility index (Phi) is 5.10. The van der Waals surface area contributed by atoms with Crippen molar-refractivity contribution in [3.05, 3.63) is 58.6 Å². The minimum atomic E-state index is -0.618. The van der Waals surface area contributed by atoms with Crippen LogP contribution in [0.25, 0.3) is 10.9 Å². The van der Waals surface area contributed by atoms with Gasteiger partial charge in [0.1, 0.15) is 5.25 Å². The van der Waals surface area contributed by atoms with Crippen molar-refractivity contribution in [2.24, 2.45) is 15.2 Å². The smallest absolute Gasteiger partial charge is 0.262 e. The van der Waals surface area contributed by atoms with Crippen molar-refractivity contribution in [1.29, 1.82) is 0 Å². The fourth-order valence-electron chi connectivity index (χ4n) is 2.79. The summed E-state index contributed by atoms with van der Waals surface area (Å²) in [5.41, 5.74) is 1.52. The SMILES string of the molecule is O=C(C[C@H]1SC(N=Nc2c(O)[nH]c3ccc(Br)cc23)=NC1=O)c1ccccc1. The molecule has 0 saturated carbocycles. The Balaban J connectivity index is 1.49. The van der Waals surface area contributed by atoms with Crippen LogP contribution in [0.2, 0.25) is 0 Å². The quantitative estimate of drug-likeness (QED) is 0.425. The molecule has 28 heavy (non-hydrogen) atoms. The number of carbonyl (C=O) groups excluding carboxylic acids is 2. The third kappa shape index (κ3) is 3.76. The van der Waals surface area contributed by atoms with Gasteiger partial charge in [0.05, 0.1) is 5.52 Å². The van der Waals surface area contributed by atoms with Crippen LogP contribution in [0.4, 0.5) is 5.69 Å². The molecule has 2 aromatic carbocycles. The second-order valence-corrected chi connectivity index (χ2v) is 8.13. The standard InChI is InChI=1S/C19H13BrN4O3S/c20-11-6-7-13-12(8-11)16(18(27)21-13)23-24-19-22-17(26)15(28-19)9-14(25)10-4-2-1-3-5-10/h1-8,15,21,27H,9H2/t15-/m1/s1. The highest BCUT2D eigenvalue weighted by molar-refractivity contribution is 9.10. The van der Waals surface area contributed by atoms with Gasteiger partial charge in [-0.15, -0.1) is 10.2 Å². The Bertz CT molecular complexity index is 1140. The van der Waals surface area contributed by atoms with Gasteiger partial charge in [0.15, 0.2) is 11.5 Å². The molecule has 0 aliphatic carbocycles. The Morgan fingerprint density at radius 2 is 2.00 bits per heavy atom. The van der Waals surface area contributed by atoms with E-state index in [0.717, 1.165) is 16.2 Å². The maximum atomic E-state index is 12.3. The lowest BCUT2D eigenvalue weighted by Crippen LogP contribution is -2.16. The van der Waals surface area contributed by atoms with E-state index >= 15 is 0 Å². The average molecular weight is 457 g/mol. The highest BCUT2D eigenvalue weighted by atomic mass is 79.9. The first-order valence-electron chi connectivity index (χ1n) is 8.30. The number of fused-ring (bicyclic) bond motifs is 1. The molecule has 0 radical (unpaired) electrons. The van der Waals surface area contributed by atoms with Crippen LogP contribution >= 0.6 is 27.7 Å². The van der Waals surface area contributed by atoms with Crippen LogP contribution in [0.5, 0.6) is 5.88 Å². The summed E-state index contributed by atoms with van der Waals surface area (Å²) in [4.78, 5) is 31.1. The number of hydrogen-bond donors (Lipinski definition) is 2. The van der Waals surface area contributed by atoms with Gasteiger partial charge >= 0.3 is 0 Å². The molecule has 140 valence electrons. The number of azo groups is 1. The molecule has 1 aliphatic rings. The third-order valence-electron chi connectivity index (χ3n) is 4.15. The summed E-state index contributed by atoms with van der Waals surface area (Å²) >= 11 is 4.47. The number of nitrogens with zero attached hydrogens (tertiary/aromatic N) is 3. The average Bonchev–Trinajstić information content (AvgIpc) is 3.19. The number of hydrogen-bond acceptors (Lipinski definition) is 6. The molecule has 0 fully saturated rings. The van der Waals surface area contributed by atoms with E-state index in [0.29, 0.717) is 16.5 Å². The van der Waals surface area contributed by atoms with Crippen molar-refractivity contribution in [2.75, 3.05) is 0 Å². The number of carbonyl (C=O) groups is 2. The van der Waals surface area contributed by atoms with Crippen LogP contribution in [0.15, 0.2) is 68.2 Å². The Morgan fingerprint density at radius 3 is 2.79 bits per heavy atom. The molecule has 1 atom stereocenters. The first-order chi connectivity index (χ1) is 13.5. The lowest BCUT2D eigenvalue weighted by molar-refractivity contribution is -0.117. The second kappa shape index (κ2) is 7.69. The zero-order valence-corrected chi connectivity index (χ0v) is 16.7. The van der Waals surface area contributed by atoms with Gasteiger partial charge in [-0.2, -0.15) is 4.99 Å². The Labute approximate surface area is 172 Å². The monoisotopic (exact) mass is 456 g/mol. The number of thioether (sulfide) groups is 1. The maximum absolute atomic E-state index is 12.3. The first kappa shape index (κ1) is 18.6. The number of benzene rings is 2. The van der Waals surface area contributed by atoms with Crippen LogP contribution in [-0.4, -0.2) is 32.2 Å². The number of aromatic hydroxyl groups is 1. The summed E-state index contributed by atoms with van der Waals surface area (Å²) in [5, 5.41) is 18.4. The topological polar surface area (TPSA) is 107 Å². The molecule has 7 nitrogen and oxygen atoms in total. The van der Waals surface area contributed by atoms with Crippen LogP contribution in [0.3, 0.4) is 0 Å². The molecule has 0 spiro atoms. The lowest BCUT2D eigenvalue weighted by Gasteiger charge is -2.04. The minimum absolute atomic E-state index is 0.0430. The molecule has 2 heterocycles. The van der Waals surface area contributed by atoms with Gasteiger partial charge in [-0.25, -0.2) is 0 Å². The number of rotatable bonds is 4. The van der Waals surface area contributed by atoms with Crippen molar-refractivity contribution in [1.82, 2.24) is 4.98 Å². The third-order valence-corrected chi connectivity index (χ3v) is 5.67. The molecule has 1 amide bonds. The van der Waals surface area contributed by atoms with E-state index < -0.39 is 11.2 Å². The number of amidine groups is 1. The van der Waals surface area contributed by atoms with E-state index in [-0.39, 0.29) is 28.9 Å². The fourth-order valence-corrected chi connectivity index (χ4v) is 4.02. The van der Waals surface area contributed by atoms with Gasteiger partial charge in [-0.3, -0.25) is 9.59 Å². The van der Waals surface area contributed by atoms with E-state index in [2.05, 4.69) is 36.1 Å². The van der Waals surface area contributed by atoms with Crippen molar-refractivity contribution in [2.45, 2.75) is 11.7 Å². The number of ketones is 1. The van der Waals surface area contributed by atoms with Gasteiger partial charge in [0.25, 0.3) is 5.91 Å². The molecule has 0 unspecified atom stereocenters. The molecule has 1 aliphatic heterocycles. The van der Waals surface area contributed by atoms with Gasteiger partial charge < -0.3 is 10.1 Å². The number of aliphatic imine (C=N–C) groups is 1. The van der Waals surface area contributed by atoms with Crippen molar-refractivity contribution in [3.63, 3.8) is 0 Å². The second-order valence-electron chi connectivity index (χ2n) is 6.04. The normalized spacial score (nSPS) is 16.8. The van der Waals surface area contributed by atoms with E-state index in [1.54, 1.807) is 36.4 Å². The van der Waals surface area contributed by atoms with E-state index in [1.807, 2.05) is 12.1 Å². The fraction of sp³-hybridized carbons (Fsp3) is 0.105. The van der Waals surface area contributed by atoms with Gasteiger partial charge in [0.2, 0.25) is 11.0 Å². The number of H-pyrrole nitrogens is 1. The molecule has 4 rings (SSSR count). The zero-order chi connectivity index (χ0) is 19.7. The number of amides is 1. The number of nitrogens with one attached hydrogen (secondary N) is 1. The zero-order valence-electron chi connectivity index (χ0n) is 14.3. The molecule has 1 aromatic heterocycles. The number of halogens is 1. The Hall–Kier alpha value is -2.78. The number of aromatic nitrogens is 1. The predicted octanol–water partition coefficient (Wildman–Crippen LogP) is 4.99. The summed E-state index contributed by atoms with van der Waals surface area (Å²) < 4.78 is 0.831. The van der Waals surface area contributed by atoms with E-state index in [4.69, 9.17) is 0 Å². The maximum Gasteiger partial charge on any atom is 0.262 e. The van der Waals surface area contributed by atoms with Crippen LogP contribution < -0.4 is 0 Å². The van der Waals surface area contributed by atoms with E-state index in [1.165, 1.54) is 0 Å². The van der Waals surface area contributed by atoms with Crippen LogP contribution in [-0.2, 0) is 4.79 Å². The van der Waals surface area contributed by atoms with E-state index in [9.17, 15) is 14.7 Å². The number of aromatic amines is 1. The largest absolute Gasteiger partial charge is 0.493 e. The summed E-state index contributed by atoms with van der Waals surface area (Å²) in [6.45, 7) is 0. The molecule has 9 heteroatoms. The molecule has 0 saturated heterocycles. The molecule has 3 aromatic rings. The molecular weight excluding hydrogens is 444 g/mol. The summed E-state index contributed by atoms with van der Waals surface area (Å²) in [6, 6.07) is 14.2. The molecule has 0 bridgehead atoms. The Morgan fingerprint density at radius 1 is 1.21 bits per heavy atom. The van der Waals surface area contributed by atoms with Crippen molar-refractivity contribution in [3.8, 4) is 5.88 Å². The molecular formula is C19H13BrN4O3S. The number of Topliss-reactive ketones (excluding diaryl/α,β-unsaturated/α-hetero) is 1. The van der Waals surface area contributed by atoms with Crippen LogP contribution in [0, 0.1) is 0 Å². The molecule has 2 N–H and O–H groups in total. The summed E-state index contributed by atoms with van der Waals surface area (Å²) in [6.07, 6.45) is 0.0430. The van der Waals surface area contributed by atoms with Gasteiger partial charge in [0, 0.05) is 21.8 Å². The lowest BCUT2D eigenvalue weighted by atomic mass is 10.1. The summed E-state index contributed by atoms with van der Waals surface area (Å²) in [7, 11) is 0. The van der Waals surface area contributed by atoms with Crippen molar-refractivity contribution < 1.29 is 14.7 Å². The summed E-state index contributed by atoms with van der Waals surface area (Å²) in [5.74, 6) is -0.657. The van der Waals surface area contributed by atoms with Gasteiger partial charge in [-0.05, 0) is 18.2 Å².